The molecular formula is C16H24N2O3S. The fourth-order valence-electron chi connectivity index (χ4n) is 3.47. The Balaban J connectivity index is 1.94. The van der Waals surface area contributed by atoms with Crippen LogP contribution in [0.3, 0.4) is 0 Å². The summed E-state index contributed by atoms with van der Waals surface area (Å²) in [7, 11) is 0.510. The molecule has 2 fully saturated rings. The Morgan fingerprint density at radius 3 is 2.55 bits per heavy atom. The van der Waals surface area contributed by atoms with Gasteiger partial charge in [-0.3, -0.25) is 0 Å². The fourth-order valence-corrected chi connectivity index (χ4v) is 5.15. The van der Waals surface area contributed by atoms with Crippen LogP contribution in [0.2, 0.25) is 0 Å². The van der Waals surface area contributed by atoms with E-state index in [1.807, 2.05) is 33.2 Å². The molecule has 2 saturated heterocycles. The molecule has 0 bridgehead atoms. The molecule has 0 N–H and O–H groups in total. The number of benzene rings is 1. The Bertz CT molecular complexity index is 627. The summed E-state index contributed by atoms with van der Waals surface area (Å²) in [5.74, 6) is 0. The molecule has 1 aromatic rings. The van der Waals surface area contributed by atoms with Gasteiger partial charge in [0.25, 0.3) is 0 Å². The zero-order valence-corrected chi connectivity index (χ0v) is 14.2. The first-order chi connectivity index (χ1) is 10.4. The van der Waals surface area contributed by atoms with Crippen molar-refractivity contribution in [2.75, 3.05) is 27.2 Å². The van der Waals surface area contributed by atoms with Crippen molar-refractivity contribution >= 4 is 10.0 Å². The van der Waals surface area contributed by atoms with Crippen molar-refractivity contribution in [1.82, 2.24) is 9.21 Å². The fraction of sp³-hybridized carbons (Fsp3) is 0.625. The van der Waals surface area contributed by atoms with E-state index in [0.717, 1.165) is 25.0 Å². The van der Waals surface area contributed by atoms with Crippen LogP contribution in [0.4, 0.5) is 0 Å². The molecular weight excluding hydrogens is 300 g/mol. The normalized spacial score (nSPS) is 29.7. The summed E-state index contributed by atoms with van der Waals surface area (Å²) in [6.45, 7) is 3.18. The number of sulfonamides is 1. The van der Waals surface area contributed by atoms with Crippen molar-refractivity contribution in [2.45, 2.75) is 42.8 Å². The zero-order valence-electron chi connectivity index (χ0n) is 13.4. The quantitative estimate of drug-likeness (QED) is 0.845. The average Bonchev–Trinajstić information content (AvgIpc) is 2.88. The maximum absolute atomic E-state index is 13.0. The van der Waals surface area contributed by atoms with E-state index in [2.05, 4.69) is 4.90 Å². The van der Waals surface area contributed by atoms with Crippen LogP contribution in [0.5, 0.6) is 0 Å². The topological polar surface area (TPSA) is 49.9 Å². The molecule has 0 amide bonds. The van der Waals surface area contributed by atoms with Gasteiger partial charge in [-0.15, -0.1) is 0 Å². The first-order valence-corrected chi connectivity index (χ1v) is 9.22. The Labute approximate surface area is 132 Å². The van der Waals surface area contributed by atoms with Gasteiger partial charge in [0.2, 0.25) is 10.0 Å². The minimum absolute atomic E-state index is 0.0241. The maximum Gasteiger partial charge on any atom is 0.243 e. The summed E-state index contributed by atoms with van der Waals surface area (Å²) in [5.41, 5.74) is 1.06. The highest BCUT2D eigenvalue weighted by atomic mass is 32.2. The molecule has 0 spiro atoms. The van der Waals surface area contributed by atoms with Gasteiger partial charge in [-0.1, -0.05) is 17.7 Å². The molecule has 122 valence electrons. The molecule has 1 aromatic carbocycles. The molecule has 2 aliphatic heterocycles. The number of nitrogens with zero attached hydrogens (tertiary/aromatic N) is 2. The largest absolute Gasteiger partial charge is 0.375 e. The van der Waals surface area contributed by atoms with Crippen LogP contribution >= 0.6 is 0 Å². The lowest BCUT2D eigenvalue weighted by molar-refractivity contribution is -0.0266. The van der Waals surface area contributed by atoms with Gasteiger partial charge in [-0.25, -0.2) is 8.42 Å². The highest BCUT2D eigenvalue weighted by molar-refractivity contribution is 7.89. The maximum atomic E-state index is 13.0. The number of hydrogen-bond donors (Lipinski definition) is 0. The lowest BCUT2D eigenvalue weighted by Crippen LogP contribution is -2.45. The summed E-state index contributed by atoms with van der Waals surface area (Å²) < 4.78 is 33.6. The Morgan fingerprint density at radius 1 is 1.23 bits per heavy atom. The Hall–Kier alpha value is -0.950. The van der Waals surface area contributed by atoms with Gasteiger partial charge < -0.3 is 9.64 Å². The van der Waals surface area contributed by atoms with Gasteiger partial charge in [-0.05, 0) is 46.0 Å². The molecule has 22 heavy (non-hydrogen) atoms. The molecule has 6 heteroatoms. The second-order valence-electron chi connectivity index (χ2n) is 6.46. The van der Waals surface area contributed by atoms with Crippen LogP contribution in [-0.2, 0) is 14.8 Å². The number of likely N-dealkylation sites (N-methyl/N-ethyl adjacent to an activating group) is 1. The van der Waals surface area contributed by atoms with Crippen molar-refractivity contribution in [1.29, 1.82) is 0 Å². The minimum Gasteiger partial charge on any atom is -0.375 e. The van der Waals surface area contributed by atoms with Crippen molar-refractivity contribution in [3.8, 4) is 0 Å². The number of aryl methyl sites for hydroxylation is 1. The van der Waals surface area contributed by atoms with Crippen molar-refractivity contribution < 1.29 is 13.2 Å². The molecule has 2 aliphatic rings. The van der Waals surface area contributed by atoms with Gasteiger partial charge in [-0.2, -0.15) is 4.31 Å². The lowest BCUT2D eigenvalue weighted by atomic mass is 10.0. The highest BCUT2D eigenvalue weighted by Crippen LogP contribution is 2.35. The van der Waals surface area contributed by atoms with E-state index in [1.54, 1.807) is 16.4 Å². The molecule has 0 unspecified atom stereocenters. The lowest BCUT2D eigenvalue weighted by Gasteiger charge is -2.33. The SMILES string of the molecule is Cc1ccc(S(=O)(=O)N2C[C@@H](N(C)C)[C@H]3OCCC[C@H]32)cc1. The third kappa shape index (κ3) is 2.69. The van der Waals surface area contributed by atoms with E-state index in [4.69, 9.17) is 4.74 Å². The van der Waals surface area contributed by atoms with Gasteiger partial charge in [0.1, 0.15) is 0 Å². The van der Waals surface area contributed by atoms with E-state index < -0.39 is 10.0 Å². The first-order valence-electron chi connectivity index (χ1n) is 7.78. The molecule has 0 saturated carbocycles. The summed E-state index contributed by atoms with van der Waals surface area (Å²) in [6, 6.07) is 7.17. The summed E-state index contributed by atoms with van der Waals surface area (Å²) in [6.07, 6.45) is 1.77. The number of ether oxygens (including phenoxy) is 1. The smallest absolute Gasteiger partial charge is 0.243 e. The monoisotopic (exact) mass is 324 g/mol. The number of rotatable bonds is 3. The molecule has 0 radical (unpaired) electrons. The summed E-state index contributed by atoms with van der Waals surface area (Å²) in [4.78, 5) is 2.45. The van der Waals surface area contributed by atoms with Crippen molar-refractivity contribution in [3.05, 3.63) is 29.8 Å². The molecule has 0 aliphatic carbocycles. The number of fused-ring (bicyclic) bond motifs is 1. The van der Waals surface area contributed by atoms with Gasteiger partial charge >= 0.3 is 0 Å². The third-order valence-corrected chi connectivity index (χ3v) is 6.65. The van der Waals surface area contributed by atoms with Crippen molar-refractivity contribution in [3.63, 3.8) is 0 Å². The highest BCUT2D eigenvalue weighted by Gasteiger charge is 2.49. The third-order valence-electron chi connectivity index (χ3n) is 4.74. The predicted molar refractivity (Wildman–Crippen MR) is 85.3 cm³/mol. The van der Waals surface area contributed by atoms with Crippen LogP contribution in [0.1, 0.15) is 18.4 Å². The number of hydrogen-bond acceptors (Lipinski definition) is 4. The standard InChI is InChI=1S/C16H24N2O3S/c1-12-6-8-13(9-7-12)22(19,20)18-11-15(17(2)3)16-14(18)5-4-10-21-16/h6-9,14-16H,4-5,10-11H2,1-3H3/t14-,15-,16+/m1/s1. The second-order valence-corrected chi connectivity index (χ2v) is 8.35. The Morgan fingerprint density at radius 2 is 1.91 bits per heavy atom. The second kappa shape index (κ2) is 5.92. The van der Waals surface area contributed by atoms with Crippen LogP contribution in [0, 0.1) is 6.92 Å². The minimum atomic E-state index is -3.47. The summed E-state index contributed by atoms with van der Waals surface area (Å²) >= 11 is 0. The zero-order chi connectivity index (χ0) is 15.9. The van der Waals surface area contributed by atoms with E-state index in [9.17, 15) is 8.42 Å². The predicted octanol–water partition coefficient (Wildman–Crippen LogP) is 1.48. The van der Waals surface area contributed by atoms with Crippen LogP contribution in [0.15, 0.2) is 29.2 Å². The molecule has 0 aromatic heterocycles. The Kier molecular flexibility index (Phi) is 4.29. The van der Waals surface area contributed by atoms with Crippen LogP contribution in [0.25, 0.3) is 0 Å². The van der Waals surface area contributed by atoms with E-state index in [-0.39, 0.29) is 18.2 Å². The van der Waals surface area contributed by atoms with E-state index in [1.165, 1.54) is 0 Å². The van der Waals surface area contributed by atoms with Crippen LogP contribution < -0.4 is 0 Å². The molecule has 3 rings (SSSR count). The van der Waals surface area contributed by atoms with Gasteiger partial charge in [0.15, 0.2) is 0 Å². The molecule has 2 heterocycles. The summed E-state index contributed by atoms with van der Waals surface area (Å²) in [5, 5.41) is 0. The molecule has 3 atom stereocenters. The van der Waals surface area contributed by atoms with Crippen molar-refractivity contribution in [2.24, 2.45) is 0 Å². The van der Waals surface area contributed by atoms with Gasteiger partial charge in [0, 0.05) is 13.2 Å². The van der Waals surface area contributed by atoms with Crippen LogP contribution in [-0.4, -0.2) is 63.1 Å². The van der Waals surface area contributed by atoms with E-state index in [0.29, 0.717) is 11.4 Å². The van der Waals surface area contributed by atoms with Gasteiger partial charge in [0.05, 0.1) is 23.1 Å². The van der Waals surface area contributed by atoms with E-state index >= 15 is 0 Å². The molecule has 5 nitrogen and oxygen atoms in total. The first kappa shape index (κ1) is 15.9. The average molecular weight is 324 g/mol.